The van der Waals surface area contributed by atoms with Gasteiger partial charge in [0.1, 0.15) is 5.75 Å². The van der Waals surface area contributed by atoms with Gasteiger partial charge in [0.25, 0.3) is 0 Å². The van der Waals surface area contributed by atoms with Gasteiger partial charge in [0.15, 0.2) is 0 Å². The summed E-state index contributed by atoms with van der Waals surface area (Å²) in [6.45, 7) is 2.27. The zero-order chi connectivity index (χ0) is 11.0. The van der Waals surface area contributed by atoms with E-state index in [0.717, 1.165) is 38.2 Å². The van der Waals surface area contributed by atoms with Crippen molar-refractivity contribution < 1.29 is 9.47 Å². The van der Waals surface area contributed by atoms with E-state index in [1.165, 1.54) is 11.1 Å². The van der Waals surface area contributed by atoms with Gasteiger partial charge in [-0.1, -0.05) is 12.1 Å². The highest BCUT2D eigenvalue weighted by Crippen LogP contribution is 2.33. The van der Waals surface area contributed by atoms with E-state index in [9.17, 15) is 0 Å². The van der Waals surface area contributed by atoms with Gasteiger partial charge in [-0.25, -0.2) is 0 Å². The number of hydrogen-bond donors (Lipinski definition) is 1. The third kappa shape index (κ3) is 1.60. The first kappa shape index (κ1) is 10.1. The molecule has 2 aliphatic heterocycles. The van der Waals surface area contributed by atoms with Crippen LogP contribution < -0.4 is 10.5 Å². The summed E-state index contributed by atoms with van der Waals surface area (Å²) in [5.41, 5.74) is 8.59. The van der Waals surface area contributed by atoms with E-state index in [-0.39, 0.29) is 5.54 Å². The Morgan fingerprint density at radius 3 is 3.00 bits per heavy atom. The lowest BCUT2D eigenvalue weighted by Gasteiger charge is -2.33. The standard InChI is InChI=1S/C13H17NO2/c14-13(5-1-6-15-9-13)11-2-3-12-10(8-11)4-7-16-12/h2-3,8H,1,4-7,9,14H2. The molecule has 0 amide bonds. The quantitative estimate of drug-likeness (QED) is 0.780. The Morgan fingerprint density at radius 2 is 2.19 bits per heavy atom. The van der Waals surface area contributed by atoms with Gasteiger partial charge in [-0.3, -0.25) is 0 Å². The van der Waals surface area contributed by atoms with E-state index in [1.54, 1.807) is 0 Å². The molecule has 1 unspecified atom stereocenters. The van der Waals surface area contributed by atoms with Crippen LogP contribution in [-0.2, 0) is 16.7 Å². The van der Waals surface area contributed by atoms with Crippen molar-refractivity contribution in [1.82, 2.24) is 0 Å². The second-order valence-electron chi connectivity index (χ2n) is 4.73. The first-order valence-electron chi connectivity index (χ1n) is 5.91. The Bertz CT molecular complexity index is 397. The second kappa shape index (κ2) is 3.75. The fraction of sp³-hybridized carbons (Fsp3) is 0.538. The fourth-order valence-electron chi connectivity index (χ4n) is 2.54. The van der Waals surface area contributed by atoms with Gasteiger partial charge in [0, 0.05) is 13.0 Å². The molecule has 3 nitrogen and oxygen atoms in total. The topological polar surface area (TPSA) is 44.5 Å². The summed E-state index contributed by atoms with van der Waals surface area (Å²) in [7, 11) is 0. The Kier molecular flexibility index (Phi) is 2.37. The van der Waals surface area contributed by atoms with Gasteiger partial charge >= 0.3 is 0 Å². The summed E-state index contributed by atoms with van der Waals surface area (Å²) >= 11 is 0. The molecule has 86 valence electrons. The zero-order valence-corrected chi connectivity index (χ0v) is 9.37. The van der Waals surface area contributed by atoms with Gasteiger partial charge in [0.05, 0.1) is 18.8 Å². The first-order chi connectivity index (χ1) is 7.78. The summed E-state index contributed by atoms with van der Waals surface area (Å²) in [6.07, 6.45) is 3.05. The number of rotatable bonds is 1. The number of hydrogen-bond acceptors (Lipinski definition) is 3. The normalized spacial score (nSPS) is 28.6. The van der Waals surface area contributed by atoms with E-state index >= 15 is 0 Å². The summed E-state index contributed by atoms with van der Waals surface area (Å²) in [4.78, 5) is 0. The highest BCUT2D eigenvalue weighted by molar-refractivity contribution is 5.42. The van der Waals surface area contributed by atoms with Crippen molar-refractivity contribution in [3.05, 3.63) is 29.3 Å². The summed E-state index contributed by atoms with van der Waals surface area (Å²) in [6, 6.07) is 6.32. The van der Waals surface area contributed by atoms with Crippen LogP contribution in [-0.4, -0.2) is 19.8 Å². The van der Waals surface area contributed by atoms with Crippen LogP contribution in [0.4, 0.5) is 0 Å². The van der Waals surface area contributed by atoms with Gasteiger partial charge in [0.2, 0.25) is 0 Å². The Morgan fingerprint density at radius 1 is 1.25 bits per heavy atom. The average Bonchev–Trinajstić information content (AvgIpc) is 2.77. The Labute approximate surface area is 95.5 Å². The molecule has 3 heteroatoms. The van der Waals surface area contributed by atoms with Crippen LogP contribution in [0.15, 0.2) is 18.2 Å². The fourth-order valence-corrected chi connectivity index (χ4v) is 2.54. The number of nitrogens with two attached hydrogens (primary N) is 1. The molecule has 0 radical (unpaired) electrons. The van der Waals surface area contributed by atoms with Gasteiger partial charge in [-0.2, -0.15) is 0 Å². The SMILES string of the molecule is NC1(c2ccc3c(c2)CCO3)CCCOC1. The predicted octanol–water partition coefficient (Wildman–Crippen LogP) is 1.59. The lowest BCUT2D eigenvalue weighted by molar-refractivity contribution is 0.0366. The molecule has 0 bridgehead atoms. The van der Waals surface area contributed by atoms with E-state index in [0.29, 0.717) is 6.61 Å². The van der Waals surface area contributed by atoms with Crippen LogP contribution in [0, 0.1) is 0 Å². The van der Waals surface area contributed by atoms with Gasteiger partial charge in [-0.15, -0.1) is 0 Å². The summed E-state index contributed by atoms with van der Waals surface area (Å²) < 4.78 is 11.0. The van der Waals surface area contributed by atoms with Crippen molar-refractivity contribution in [3.63, 3.8) is 0 Å². The van der Waals surface area contributed by atoms with Crippen molar-refractivity contribution >= 4 is 0 Å². The van der Waals surface area contributed by atoms with Gasteiger partial charge in [-0.05, 0) is 30.0 Å². The average molecular weight is 219 g/mol. The molecule has 0 saturated carbocycles. The molecule has 16 heavy (non-hydrogen) atoms. The van der Waals surface area contributed by atoms with Crippen molar-refractivity contribution in [3.8, 4) is 5.75 Å². The van der Waals surface area contributed by atoms with Crippen LogP contribution in [0.5, 0.6) is 5.75 Å². The van der Waals surface area contributed by atoms with Crippen LogP contribution in [0.2, 0.25) is 0 Å². The number of benzene rings is 1. The van der Waals surface area contributed by atoms with E-state index in [4.69, 9.17) is 15.2 Å². The lowest BCUT2D eigenvalue weighted by Crippen LogP contribution is -2.44. The van der Waals surface area contributed by atoms with Crippen LogP contribution in [0.25, 0.3) is 0 Å². The first-order valence-corrected chi connectivity index (χ1v) is 5.91. The Balaban J connectivity index is 1.93. The van der Waals surface area contributed by atoms with Crippen LogP contribution in [0.3, 0.4) is 0 Å². The molecule has 0 aromatic heterocycles. The molecule has 1 atom stereocenters. The third-order valence-electron chi connectivity index (χ3n) is 3.54. The smallest absolute Gasteiger partial charge is 0.122 e. The zero-order valence-electron chi connectivity index (χ0n) is 9.37. The molecule has 2 heterocycles. The van der Waals surface area contributed by atoms with E-state index < -0.39 is 0 Å². The molecule has 0 spiro atoms. The van der Waals surface area contributed by atoms with E-state index in [2.05, 4.69) is 12.1 Å². The highest BCUT2D eigenvalue weighted by atomic mass is 16.5. The molecule has 1 aromatic rings. The van der Waals surface area contributed by atoms with Gasteiger partial charge < -0.3 is 15.2 Å². The molecular formula is C13H17NO2. The molecular weight excluding hydrogens is 202 g/mol. The lowest BCUT2D eigenvalue weighted by atomic mass is 9.85. The molecule has 2 aliphatic rings. The maximum absolute atomic E-state index is 6.41. The van der Waals surface area contributed by atoms with Crippen LogP contribution in [0.1, 0.15) is 24.0 Å². The van der Waals surface area contributed by atoms with Crippen molar-refractivity contribution in [2.45, 2.75) is 24.8 Å². The molecule has 3 rings (SSSR count). The molecule has 1 fully saturated rings. The second-order valence-corrected chi connectivity index (χ2v) is 4.73. The third-order valence-corrected chi connectivity index (χ3v) is 3.54. The van der Waals surface area contributed by atoms with Crippen molar-refractivity contribution in [2.24, 2.45) is 5.73 Å². The number of fused-ring (bicyclic) bond motifs is 1. The van der Waals surface area contributed by atoms with Crippen molar-refractivity contribution in [1.29, 1.82) is 0 Å². The summed E-state index contributed by atoms with van der Waals surface area (Å²) in [5.74, 6) is 1.02. The molecule has 0 aliphatic carbocycles. The number of ether oxygens (including phenoxy) is 2. The maximum atomic E-state index is 6.41. The largest absolute Gasteiger partial charge is 0.493 e. The molecule has 1 saturated heterocycles. The monoisotopic (exact) mass is 219 g/mol. The predicted molar refractivity (Wildman–Crippen MR) is 61.6 cm³/mol. The summed E-state index contributed by atoms with van der Waals surface area (Å²) in [5, 5.41) is 0. The van der Waals surface area contributed by atoms with Crippen molar-refractivity contribution in [2.75, 3.05) is 19.8 Å². The Hall–Kier alpha value is -1.06. The minimum atomic E-state index is -0.296. The van der Waals surface area contributed by atoms with E-state index in [1.807, 2.05) is 6.07 Å². The minimum Gasteiger partial charge on any atom is -0.493 e. The highest BCUT2D eigenvalue weighted by Gasteiger charge is 2.31. The minimum absolute atomic E-state index is 0.296. The van der Waals surface area contributed by atoms with Crippen LogP contribution >= 0.6 is 0 Å². The molecule has 2 N–H and O–H groups in total. The molecule has 1 aromatic carbocycles. The maximum Gasteiger partial charge on any atom is 0.122 e.